The van der Waals surface area contributed by atoms with Crippen molar-refractivity contribution in [1.82, 2.24) is 9.97 Å². The lowest BCUT2D eigenvalue weighted by atomic mass is 10.4. The van der Waals surface area contributed by atoms with E-state index in [1.54, 1.807) is 17.5 Å². The van der Waals surface area contributed by atoms with Gasteiger partial charge in [0, 0.05) is 11.6 Å². The minimum Gasteiger partial charge on any atom is -0.397 e. The summed E-state index contributed by atoms with van der Waals surface area (Å²) in [6, 6.07) is 3.68. The molecule has 0 unspecified atom stereocenters. The predicted octanol–water partition coefficient (Wildman–Crippen LogP) is 2.83. The first-order valence-corrected chi connectivity index (χ1v) is 6.32. The number of anilines is 1. The van der Waals surface area contributed by atoms with E-state index in [9.17, 15) is 0 Å². The van der Waals surface area contributed by atoms with E-state index in [2.05, 4.69) is 22.3 Å². The zero-order valence-corrected chi connectivity index (χ0v) is 9.94. The molecule has 2 heterocycles. The first kappa shape index (κ1) is 10.4. The highest BCUT2D eigenvalue weighted by Gasteiger charge is 2.06. The smallest absolute Gasteiger partial charge is 0.156 e. The van der Waals surface area contributed by atoms with Crippen LogP contribution >= 0.6 is 23.1 Å². The Kier molecular flexibility index (Phi) is 3.23. The van der Waals surface area contributed by atoms with Crippen molar-refractivity contribution < 1.29 is 0 Å². The lowest BCUT2D eigenvalue weighted by molar-refractivity contribution is 1.02. The number of nitrogens with two attached hydrogens (primary N) is 1. The summed E-state index contributed by atoms with van der Waals surface area (Å²) in [6.45, 7) is 2.10. The van der Waals surface area contributed by atoms with Gasteiger partial charge in [0.15, 0.2) is 4.34 Å². The highest BCUT2D eigenvalue weighted by molar-refractivity contribution is 8.01. The van der Waals surface area contributed by atoms with E-state index >= 15 is 0 Å². The zero-order valence-electron chi connectivity index (χ0n) is 8.30. The number of hydrogen-bond donors (Lipinski definition) is 1. The van der Waals surface area contributed by atoms with Gasteiger partial charge in [-0.3, -0.25) is 0 Å². The van der Waals surface area contributed by atoms with Crippen molar-refractivity contribution in [2.24, 2.45) is 0 Å². The monoisotopic (exact) mass is 237 g/mol. The van der Waals surface area contributed by atoms with Crippen LogP contribution in [0.2, 0.25) is 0 Å². The van der Waals surface area contributed by atoms with E-state index in [-0.39, 0.29) is 0 Å². The zero-order chi connectivity index (χ0) is 10.7. The lowest BCUT2D eigenvalue weighted by Crippen LogP contribution is -1.90. The number of aromatic nitrogens is 2. The molecule has 0 radical (unpaired) electrons. The fourth-order valence-corrected chi connectivity index (χ4v) is 2.90. The van der Waals surface area contributed by atoms with Crippen molar-refractivity contribution in [3.05, 3.63) is 29.4 Å². The molecule has 3 nitrogen and oxygen atoms in total. The average Bonchev–Trinajstić information content (AvgIpc) is 2.69. The third kappa shape index (κ3) is 2.49. The molecular weight excluding hydrogens is 226 g/mol. The summed E-state index contributed by atoms with van der Waals surface area (Å²) in [6.07, 6.45) is 2.71. The Morgan fingerprint density at radius 2 is 2.40 bits per heavy atom. The van der Waals surface area contributed by atoms with Crippen LogP contribution in [0.4, 0.5) is 5.69 Å². The molecule has 0 aliphatic rings. The van der Waals surface area contributed by atoms with Gasteiger partial charge in [-0.25, -0.2) is 9.97 Å². The quantitative estimate of drug-likeness (QED) is 0.892. The molecule has 0 amide bonds. The molecule has 0 aliphatic heterocycles. The number of nitrogen functional groups attached to an aromatic ring is 1. The highest BCUT2D eigenvalue weighted by Crippen LogP contribution is 2.31. The third-order valence-electron chi connectivity index (χ3n) is 1.88. The molecule has 15 heavy (non-hydrogen) atoms. The van der Waals surface area contributed by atoms with Gasteiger partial charge in [-0.2, -0.15) is 0 Å². The maximum absolute atomic E-state index is 5.80. The van der Waals surface area contributed by atoms with Gasteiger partial charge in [-0.05, 0) is 30.3 Å². The Morgan fingerprint density at radius 3 is 3.07 bits per heavy atom. The molecule has 5 heteroatoms. The Balaban J connectivity index is 2.18. The normalized spacial score (nSPS) is 10.5. The van der Waals surface area contributed by atoms with Crippen LogP contribution < -0.4 is 5.73 Å². The van der Waals surface area contributed by atoms with E-state index in [1.807, 2.05) is 12.1 Å². The largest absolute Gasteiger partial charge is 0.397 e. The molecule has 2 N–H and O–H groups in total. The van der Waals surface area contributed by atoms with Crippen molar-refractivity contribution in [2.75, 3.05) is 5.73 Å². The van der Waals surface area contributed by atoms with E-state index in [4.69, 9.17) is 5.73 Å². The van der Waals surface area contributed by atoms with Crippen LogP contribution in [0.1, 0.15) is 12.6 Å². The topological polar surface area (TPSA) is 51.8 Å². The molecule has 0 saturated carbocycles. The van der Waals surface area contributed by atoms with Crippen molar-refractivity contribution in [2.45, 2.75) is 22.7 Å². The minimum atomic E-state index is 0.704. The van der Waals surface area contributed by atoms with Crippen LogP contribution in [-0.2, 0) is 6.42 Å². The Bertz CT molecular complexity index is 453. The first-order valence-electron chi connectivity index (χ1n) is 4.62. The van der Waals surface area contributed by atoms with Crippen LogP contribution in [0.3, 0.4) is 0 Å². The number of aryl methyl sites for hydroxylation is 1. The summed E-state index contributed by atoms with van der Waals surface area (Å²) in [7, 11) is 0. The summed E-state index contributed by atoms with van der Waals surface area (Å²) in [5, 5.41) is 2.90. The molecule has 2 aromatic rings. The number of rotatable bonds is 3. The summed E-state index contributed by atoms with van der Waals surface area (Å²) < 4.78 is 0.997. The maximum atomic E-state index is 5.80. The van der Waals surface area contributed by atoms with Crippen LogP contribution in [-0.4, -0.2) is 9.97 Å². The number of hydrogen-bond acceptors (Lipinski definition) is 5. The fourth-order valence-electron chi connectivity index (χ4n) is 1.07. The molecule has 0 bridgehead atoms. The Morgan fingerprint density at radius 1 is 1.53 bits per heavy atom. The molecule has 0 atom stereocenters. The average molecular weight is 237 g/mol. The van der Waals surface area contributed by atoms with Crippen LogP contribution in [0, 0.1) is 0 Å². The van der Waals surface area contributed by atoms with Crippen molar-refractivity contribution in [1.29, 1.82) is 0 Å². The van der Waals surface area contributed by atoms with E-state index < -0.39 is 0 Å². The van der Waals surface area contributed by atoms with Gasteiger partial charge < -0.3 is 5.73 Å². The minimum absolute atomic E-state index is 0.704. The standard InChI is InChI=1S/C10H11N3S2/c1-2-7-6-14-10(13-7)15-9-8(11)4-3-5-12-9/h3-6H,2,11H2,1H3. The summed E-state index contributed by atoms with van der Waals surface area (Å²) in [4.78, 5) is 8.66. The van der Waals surface area contributed by atoms with Crippen LogP contribution in [0.15, 0.2) is 33.1 Å². The van der Waals surface area contributed by atoms with Crippen molar-refractivity contribution >= 4 is 28.8 Å². The number of nitrogens with zero attached hydrogens (tertiary/aromatic N) is 2. The summed E-state index contributed by atoms with van der Waals surface area (Å²) >= 11 is 3.16. The second kappa shape index (κ2) is 4.63. The van der Waals surface area contributed by atoms with Crippen LogP contribution in [0.25, 0.3) is 0 Å². The maximum Gasteiger partial charge on any atom is 0.156 e. The number of thiazole rings is 1. The van der Waals surface area contributed by atoms with Gasteiger partial charge in [-0.1, -0.05) is 6.92 Å². The molecule has 0 aromatic carbocycles. The third-order valence-corrected chi connectivity index (χ3v) is 3.90. The van der Waals surface area contributed by atoms with Crippen LogP contribution in [0.5, 0.6) is 0 Å². The van der Waals surface area contributed by atoms with E-state index in [0.717, 1.165) is 21.5 Å². The van der Waals surface area contributed by atoms with Gasteiger partial charge in [0.25, 0.3) is 0 Å². The molecular formula is C10H11N3S2. The molecule has 2 rings (SSSR count). The number of pyridine rings is 1. The van der Waals surface area contributed by atoms with Crippen molar-refractivity contribution in [3.8, 4) is 0 Å². The predicted molar refractivity (Wildman–Crippen MR) is 64.3 cm³/mol. The van der Waals surface area contributed by atoms with Gasteiger partial charge in [0.05, 0.1) is 11.4 Å². The second-order valence-corrected chi connectivity index (χ2v) is 5.05. The SMILES string of the molecule is CCc1csc(Sc2ncccc2N)n1. The molecule has 2 aromatic heterocycles. The molecule has 0 spiro atoms. The molecule has 78 valence electrons. The summed E-state index contributed by atoms with van der Waals surface area (Å²) in [5.74, 6) is 0. The summed E-state index contributed by atoms with van der Waals surface area (Å²) in [5.41, 5.74) is 7.63. The van der Waals surface area contributed by atoms with E-state index in [0.29, 0.717) is 5.69 Å². The van der Waals surface area contributed by atoms with Gasteiger partial charge in [0.1, 0.15) is 5.03 Å². The Hall–Kier alpha value is -1.07. The van der Waals surface area contributed by atoms with E-state index in [1.165, 1.54) is 11.8 Å². The second-order valence-electron chi connectivity index (χ2n) is 2.96. The lowest BCUT2D eigenvalue weighted by Gasteiger charge is -1.99. The van der Waals surface area contributed by atoms with Gasteiger partial charge >= 0.3 is 0 Å². The molecule has 0 fully saturated rings. The molecule has 0 aliphatic carbocycles. The fraction of sp³-hybridized carbons (Fsp3) is 0.200. The van der Waals surface area contributed by atoms with Gasteiger partial charge in [0.2, 0.25) is 0 Å². The first-order chi connectivity index (χ1) is 7.29. The highest BCUT2D eigenvalue weighted by atomic mass is 32.2. The Labute approximate surface area is 96.8 Å². The van der Waals surface area contributed by atoms with Crippen molar-refractivity contribution in [3.63, 3.8) is 0 Å². The molecule has 0 saturated heterocycles. The van der Waals surface area contributed by atoms with Gasteiger partial charge in [-0.15, -0.1) is 11.3 Å².